The number of carbonyl (C=O) groups is 1. The third kappa shape index (κ3) is 3.86. The van der Waals surface area contributed by atoms with E-state index in [1.165, 1.54) is 11.7 Å². The Hall–Kier alpha value is -2.33. The summed E-state index contributed by atoms with van der Waals surface area (Å²) < 4.78 is 8.29. The number of carbonyl (C=O) groups excluding carboxylic acids is 1. The zero-order valence-electron chi connectivity index (χ0n) is 15.5. The molecule has 11 heteroatoms. The minimum atomic E-state index is -0.585. The Kier molecular flexibility index (Phi) is 5.85. The summed E-state index contributed by atoms with van der Waals surface area (Å²) in [7, 11) is 3.09. The average molecular weight is 396 g/mol. The number of anilines is 1. The van der Waals surface area contributed by atoms with Gasteiger partial charge in [-0.2, -0.15) is 5.10 Å². The largest absolute Gasteiger partial charge is 0.378 e. The molecule has 0 aliphatic heterocycles. The van der Waals surface area contributed by atoms with Gasteiger partial charge in [0, 0.05) is 32.2 Å². The van der Waals surface area contributed by atoms with E-state index in [0.29, 0.717) is 12.2 Å². The molecule has 0 saturated heterocycles. The van der Waals surface area contributed by atoms with E-state index in [-0.39, 0.29) is 34.2 Å². The highest BCUT2D eigenvalue weighted by Gasteiger charge is 2.33. The predicted octanol–water partition coefficient (Wildman–Crippen LogP) is 1.27. The maximum Gasteiger partial charge on any atom is 0.280 e. The predicted molar refractivity (Wildman–Crippen MR) is 97.9 cm³/mol. The maximum atomic E-state index is 12.8. The van der Waals surface area contributed by atoms with Crippen molar-refractivity contribution in [1.82, 2.24) is 30.0 Å². The van der Waals surface area contributed by atoms with Gasteiger partial charge >= 0.3 is 0 Å². The van der Waals surface area contributed by atoms with Gasteiger partial charge < -0.3 is 4.74 Å². The Morgan fingerprint density at radius 3 is 2.70 bits per heavy atom. The standard InChI is InChI=1S/C16H22ClN7O3/c1-4-27-10-8-6-5-7-9(10)11-12(17)13(20-23(2)15(11)26)14(25)18-16-19-21-22-24(16)3/h9-10H,4-8H2,1-3H3,(H,18,19,22,25). The van der Waals surface area contributed by atoms with Crippen molar-refractivity contribution in [3.8, 4) is 0 Å². The summed E-state index contributed by atoms with van der Waals surface area (Å²) in [5.74, 6) is -0.604. The molecule has 1 amide bonds. The van der Waals surface area contributed by atoms with Crippen LogP contribution in [0.3, 0.4) is 0 Å². The SMILES string of the molecule is CCOC1CCCCC1c1c(Cl)c(C(=O)Nc2nnnn2C)nn(C)c1=O. The summed E-state index contributed by atoms with van der Waals surface area (Å²) in [6.45, 7) is 2.47. The molecular formula is C16H22ClN7O3. The van der Waals surface area contributed by atoms with E-state index in [0.717, 1.165) is 30.4 Å². The third-order valence-electron chi connectivity index (χ3n) is 4.73. The van der Waals surface area contributed by atoms with Gasteiger partial charge in [0.15, 0.2) is 5.69 Å². The number of nitrogens with one attached hydrogen (secondary N) is 1. The molecule has 146 valence electrons. The van der Waals surface area contributed by atoms with Crippen molar-refractivity contribution in [3.05, 3.63) is 26.6 Å². The van der Waals surface area contributed by atoms with Crippen LogP contribution in [0, 0.1) is 0 Å². The first-order valence-electron chi connectivity index (χ1n) is 8.86. The summed E-state index contributed by atoms with van der Waals surface area (Å²) in [6.07, 6.45) is 3.54. The molecule has 1 fully saturated rings. The second-order valence-corrected chi connectivity index (χ2v) is 6.85. The maximum absolute atomic E-state index is 12.8. The lowest BCUT2D eigenvalue weighted by Gasteiger charge is -2.31. The van der Waals surface area contributed by atoms with Crippen LogP contribution in [0.15, 0.2) is 4.79 Å². The van der Waals surface area contributed by atoms with E-state index >= 15 is 0 Å². The van der Waals surface area contributed by atoms with Gasteiger partial charge in [-0.05, 0) is 30.2 Å². The summed E-state index contributed by atoms with van der Waals surface area (Å²) in [5, 5.41) is 17.5. The zero-order chi connectivity index (χ0) is 19.6. The van der Waals surface area contributed by atoms with Crippen LogP contribution in [-0.4, -0.2) is 48.6 Å². The van der Waals surface area contributed by atoms with Gasteiger partial charge in [-0.15, -0.1) is 0 Å². The molecule has 0 spiro atoms. The number of hydrogen-bond acceptors (Lipinski definition) is 7. The van der Waals surface area contributed by atoms with Crippen LogP contribution in [0.4, 0.5) is 5.95 Å². The fraction of sp³-hybridized carbons (Fsp3) is 0.625. The number of nitrogens with zero attached hydrogens (tertiary/aromatic N) is 6. The van der Waals surface area contributed by atoms with Crippen molar-refractivity contribution >= 4 is 23.5 Å². The number of aryl methyl sites for hydroxylation is 2. The minimum absolute atomic E-state index is 0.0439. The Bertz CT molecular complexity index is 893. The number of hydrogen-bond donors (Lipinski definition) is 1. The Morgan fingerprint density at radius 2 is 2.04 bits per heavy atom. The second kappa shape index (κ2) is 8.13. The molecule has 1 N–H and O–H groups in total. The molecule has 2 unspecified atom stereocenters. The first-order chi connectivity index (χ1) is 12.9. The Labute approximate surface area is 160 Å². The molecule has 1 saturated carbocycles. The molecule has 1 aliphatic rings. The van der Waals surface area contributed by atoms with E-state index in [1.54, 1.807) is 7.05 Å². The highest BCUT2D eigenvalue weighted by atomic mass is 35.5. The lowest BCUT2D eigenvalue weighted by molar-refractivity contribution is 0.0202. The molecule has 1 aliphatic carbocycles. The van der Waals surface area contributed by atoms with Gasteiger partial charge in [0.05, 0.1) is 11.1 Å². The lowest BCUT2D eigenvalue weighted by atomic mass is 9.82. The number of aromatic nitrogens is 6. The van der Waals surface area contributed by atoms with Gasteiger partial charge in [-0.25, -0.2) is 9.36 Å². The molecule has 0 aromatic carbocycles. The van der Waals surface area contributed by atoms with Gasteiger partial charge in [-0.1, -0.05) is 29.5 Å². The molecule has 2 aromatic heterocycles. The average Bonchev–Trinajstić information content (AvgIpc) is 3.04. The molecule has 2 atom stereocenters. The fourth-order valence-electron chi connectivity index (χ4n) is 3.44. The van der Waals surface area contributed by atoms with Crippen LogP contribution >= 0.6 is 11.6 Å². The van der Waals surface area contributed by atoms with Crippen LogP contribution in [0.1, 0.15) is 54.6 Å². The number of rotatable bonds is 5. The Balaban J connectivity index is 2.01. The van der Waals surface area contributed by atoms with E-state index in [1.807, 2.05) is 6.92 Å². The van der Waals surface area contributed by atoms with E-state index in [9.17, 15) is 9.59 Å². The van der Waals surface area contributed by atoms with Gasteiger partial charge in [0.1, 0.15) is 0 Å². The van der Waals surface area contributed by atoms with Gasteiger partial charge in [0.2, 0.25) is 5.95 Å². The summed E-state index contributed by atoms with van der Waals surface area (Å²) >= 11 is 6.51. The topological polar surface area (TPSA) is 117 Å². The van der Waals surface area contributed by atoms with Crippen molar-refractivity contribution in [2.24, 2.45) is 14.1 Å². The van der Waals surface area contributed by atoms with Crippen molar-refractivity contribution in [2.75, 3.05) is 11.9 Å². The monoisotopic (exact) mass is 395 g/mol. The number of tetrazole rings is 1. The molecule has 10 nitrogen and oxygen atoms in total. The summed E-state index contributed by atoms with van der Waals surface area (Å²) in [4.78, 5) is 25.5. The summed E-state index contributed by atoms with van der Waals surface area (Å²) in [6, 6.07) is 0. The molecule has 2 aromatic rings. The normalized spacial score (nSPS) is 19.9. The number of ether oxygens (including phenoxy) is 1. The highest BCUT2D eigenvalue weighted by molar-refractivity contribution is 6.34. The zero-order valence-corrected chi connectivity index (χ0v) is 16.2. The first kappa shape index (κ1) is 19.4. The third-order valence-corrected chi connectivity index (χ3v) is 5.12. The van der Waals surface area contributed by atoms with Crippen LogP contribution < -0.4 is 10.9 Å². The Morgan fingerprint density at radius 1 is 1.30 bits per heavy atom. The second-order valence-electron chi connectivity index (χ2n) is 6.47. The molecule has 2 heterocycles. The summed E-state index contributed by atoms with van der Waals surface area (Å²) in [5.41, 5.74) is 0.0274. The van der Waals surface area contributed by atoms with E-state index in [4.69, 9.17) is 16.3 Å². The van der Waals surface area contributed by atoms with Gasteiger partial charge in [-0.3, -0.25) is 14.9 Å². The molecular weight excluding hydrogens is 374 g/mol. The van der Waals surface area contributed by atoms with Crippen LogP contribution in [0.5, 0.6) is 0 Å². The van der Waals surface area contributed by atoms with Crippen molar-refractivity contribution in [1.29, 1.82) is 0 Å². The molecule has 0 radical (unpaired) electrons. The van der Waals surface area contributed by atoms with Gasteiger partial charge in [0.25, 0.3) is 11.5 Å². The highest BCUT2D eigenvalue weighted by Crippen LogP contribution is 2.37. The molecule has 0 bridgehead atoms. The van der Waals surface area contributed by atoms with Crippen molar-refractivity contribution in [3.63, 3.8) is 0 Å². The molecule has 3 rings (SSSR count). The lowest BCUT2D eigenvalue weighted by Crippen LogP contribution is -2.35. The fourth-order valence-corrected chi connectivity index (χ4v) is 3.78. The van der Waals surface area contributed by atoms with E-state index in [2.05, 4.69) is 25.9 Å². The van der Waals surface area contributed by atoms with Crippen molar-refractivity contribution < 1.29 is 9.53 Å². The van der Waals surface area contributed by atoms with Crippen LogP contribution in [0.2, 0.25) is 5.02 Å². The van der Waals surface area contributed by atoms with Crippen LogP contribution in [0.25, 0.3) is 0 Å². The number of halogens is 1. The smallest absolute Gasteiger partial charge is 0.280 e. The quantitative estimate of drug-likeness (QED) is 0.810. The van der Waals surface area contributed by atoms with E-state index < -0.39 is 5.91 Å². The minimum Gasteiger partial charge on any atom is -0.378 e. The molecule has 27 heavy (non-hydrogen) atoms. The first-order valence-corrected chi connectivity index (χ1v) is 9.23. The number of amides is 1. The van der Waals surface area contributed by atoms with Crippen LogP contribution in [-0.2, 0) is 18.8 Å². The van der Waals surface area contributed by atoms with Crippen molar-refractivity contribution in [2.45, 2.75) is 44.6 Å².